The van der Waals surface area contributed by atoms with Gasteiger partial charge in [0.2, 0.25) is 5.91 Å². The molecule has 0 atom stereocenters. The molecule has 122 valence electrons. The number of primary amides is 1. The van der Waals surface area contributed by atoms with Crippen LogP contribution in [0.4, 0.5) is 5.69 Å². The van der Waals surface area contributed by atoms with E-state index in [-0.39, 0.29) is 12.5 Å². The van der Waals surface area contributed by atoms with Crippen molar-refractivity contribution in [2.75, 3.05) is 5.32 Å². The number of amides is 2. The SMILES string of the molecule is Cc1cccc(Cl)c1NC(=O)Cn1cc(C(N)=O)c2ccccc21. The van der Waals surface area contributed by atoms with Crippen LogP contribution in [0.2, 0.25) is 5.02 Å². The Morgan fingerprint density at radius 3 is 2.62 bits per heavy atom. The normalized spacial score (nSPS) is 10.8. The Balaban J connectivity index is 1.90. The van der Waals surface area contributed by atoms with Crippen molar-refractivity contribution >= 4 is 40.0 Å². The van der Waals surface area contributed by atoms with E-state index in [1.54, 1.807) is 16.8 Å². The molecule has 5 nitrogen and oxygen atoms in total. The zero-order valence-electron chi connectivity index (χ0n) is 13.0. The first-order valence-electron chi connectivity index (χ1n) is 7.40. The number of carbonyl (C=O) groups excluding carboxylic acids is 2. The minimum Gasteiger partial charge on any atom is -0.366 e. The van der Waals surface area contributed by atoms with Gasteiger partial charge in [-0.25, -0.2) is 0 Å². The molecule has 0 radical (unpaired) electrons. The second-order valence-electron chi connectivity index (χ2n) is 5.53. The van der Waals surface area contributed by atoms with Gasteiger partial charge in [-0.3, -0.25) is 9.59 Å². The van der Waals surface area contributed by atoms with Crippen molar-refractivity contribution in [2.24, 2.45) is 5.73 Å². The lowest BCUT2D eigenvalue weighted by Crippen LogP contribution is -2.19. The number of aromatic nitrogens is 1. The minimum absolute atomic E-state index is 0.0540. The van der Waals surface area contributed by atoms with Crippen molar-refractivity contribution in [3.8, 4) is 0 Å². The van der Waals surface area contributed by atoms with E-state index in [1.165, 1.54) is 0 Å². The molecule has 2 amide bonds. The maximum Gasteiger partial charge on any atom is 0.250 e. The van der Waals surface area contributed by atoms with Crippen LogP contribution >= 0.6 is 11.6 Å². The highest BCUT2D eigenvalue weighted by Crippen LogP contribution is 2.26. The topological polar surface area (TPSA) is 77.1 Å². The number of rotatable bonds is 4. The number of hydrogen-bond acceptors (Lipinski definition) is 2. The summed E-state index contributed by atoms with van der Waals surface area (Å²) in [5.41, 5.74) is 8.06. The molecule has 0 aliphatic rings. The second kappa shape index (κ2) is 6.37. The van der Waals surface area contributed by atoms with Crippen molar-refractivity contribution in [2.45, 2.75) is 13.5 Å². The number of carbonyl (C=O) groups is 2. The average molecular weight is 342 g/mol. The fourth-order valence-electron chi connectivity index (χ4n) is 2.70. The van der Waals surface area contributed by atoms with Gasteiger partial charge in [-0.2, -0.15) is 0 Å². The number of para-hydroxylation sites is 2. The van der Waals surface area contributed by atoms with E-state index in [2.05, 4.69) is 5.32 Å². The summed E-state index contributed by atoms with van der Waals surface area (Å²) in [7, 11) is 0. The molecule has 1 heterocycles. The smallest absolute Gasteiger partial charge is 0.250 e. The number of aryl methyl sites for hydroxylation is 1. The zero-order chi connectivity index (χ0) is 17.3. The van der Waals surface area contributed by atoms with Crippen molar-refractivity contribution < 1.29 is 9.59 Å². The molecule has 3 aromatic rings. The molecule has 0 bridgehead atoms. The number of anilines is 1. The number of nitrogens with zero attached hydrogens (tertiary/aromatic N) is 1. The predicted octanol–water partition coefficient (Wildman–Crippen LogP) is 3.34. The monoisotopic (exact) mass is 341 g/mol. The Morgan fingerprint density at radius 2 is 1.92 bits per heavy atom. The molecule has 1 aromatic heterocycles. The van der Waals surface area contributed by atoms with Crippen LogP contribution in [0.5, 0.6) is 0 Å². The first-order valence-corrected chi connectivity index (χ1v) is 7.78. The van der Waals surface area contributed by atoms with Crippen LogP contribution in [0.25, 0.3) is 10.9 Å². The van der Waals surface area contributed by atoms with Gasteiger partial charge in [0.1, 0.15) is 6.54 Å². The average Bonchev–Trinajstić information content (AvgIpc) is 2.90. The predicted molar refractivity (Wildman–Crippen MR) is 95.3 cm³/mol. The maximum atomic E-state index is 12.4. The van der Waals surface area contributed by atoms with Crippen molar-refractivity contribution in [1.82, 2.24) is 4.57 Å². The fraction of sp³-hybridized carbons (Fsp3) is 0.111. The molecule has 0 aliphatic carbocycles. The van der Waals surface area contributed by atoms with Crippen LogP contribution in [0.1, 0.15) is 15.9 Å². The third-order valence-corrected chi connectivity index (χ3v) is 4.17. The Hall–Kier alpha value is -2.79. The molecule has 2 aromatic carbocycles. The lowest BCUT2D eigenvalue weighted by atomic mass is 10.2. The van der Waals surface area contributed by atoms with E-state index in [4.69, 9.17) is 17.3 Å². The van der Waals surface area contributed by atoms with Gasteiger partial charge in [-0.15, -0.1) is 0 Å². The minimum atomic E-state index is -0.521. The highest BCUT2D eigenvalue weighted by molar-refractivity contribution is 6.33. The zero-order valence-corrected chi connectivity index (χ0v) is 13.8. The van der Waals surface area contributed by atoms with E-state index in [9.17, 15) is 9.59 Å². The Kier molecular flexibility index (Phi) is 4.27. The van der Waals surface area contributed by atoms with E-state index < -0.39 is 5.91 Å². The van der Waals surface area contributed by atoms with Gasteiger partial charge in [0.25, 0.3) is 5.91 Å². The van der Waals surface area contributed by atoms with Crippen LogP contribution in [0.3, 0.4) is 0 Å². The van der Waals surface area contributed by atoms with Crippen molar-refractivity contribution in [3.63, 3.8) is 0 Å². The van der Waals surface area contributed by atoms with E-state index >= 15 is 0 Å². The van der Waals surface area contributed by atoms with Crippen molar-refractivity contribution in [3.05, 3.63) is 64.8 Å². The van der Waals surface area contributed by atoms with E-state index in [1.807, 2.05) is 43.3 Å². The van der Waals surface area contributed by atoms with Crippen LogP contribution in [0, 0.1) is 6.92 Å². The van der Waals surface area contributed by atoms with Crippen LogP contribution in [0.15, 0.2) is 48.7 Å². The van der Waals surface area contributed by atoms with E-state index in [0.29, 0.717) is 16.3 Å². The third-order valence-electron chi connectivity index (χ3n) is 3.85. The summed E-state index contributed by atoms with van der Waals surface area (Å²) in [6.07, 6.45) is 1.60. The first-order chi connectivity index (χ1) is 11.5. The number of hydrogen-bond donors (Lipinski definition) is 2. The molecular weight excluding hydrogens is 326 g/mol. The summed E-state index contributed by atoms with van der Waals surface area (Å²) >= 11 is 6.13. The molecule has 0 saturated heterocycles. The van der Waals surface area contributed by atoms with Gasteiger partial charge in [-0.1, -0.05) is 41.9 Å². The standard InChI is InChI=1S/C18H16ClN3O2/c1-11-5-4-7-14(19)17(11)21-16(23)10-22-9-13(18(20)24)12-6-2-3-8-15(12)22/h2-9H,10H2,1H3,(H2,20,24)(H,21,23). The molecule has 0 fully saturated rings. The molecule has 3 N–H and O–H groups in total. The van der Waals surface area contributed by atoms with Gasteiger partial charge in [0.05, 0.1) is 16.3 Å². The molecule has 0 saturated carbocycles. The van der Waals surface area contributed by atoms with Gasteiger partial charge in [0.15, 0.2) is 0 Å². The summed E-state index contributed by atoms with van der Waals surface area (Å²) in [6.45, 7) is 1.93. The summed E-state index contributed by atoms with van der Waals surface area (Å²) < 4.78 is 1.71. The second-order valence-corrected chi connectivity index (χ2v) is 5.94. The summed E-state index contributed by atoms with van der Waals surface area (Å²) in [5.74, 6) is -0.754. The summed E-state index contributed by atoms with van der Waals surface area (Å²) in [5, 5.41) is 4.04. The number of benzene rings is 2. The largest absolute Gasteiger partial charge is 0.366 e. The van der Waals surface area contributed by atoms with Crippen molar-refractivity contribution in [1.29, 1.82) is 0 Å². The molecule has 0 spiro atoms. The quantitative estimate of drug-likeness (QED) is 0.763. The highest BCUT2D eigenvalue weighted by atomic mass is 35.5. The van der Waals surface area contributed by atoms with E-state index in [0.717, 1.165) is 16.5 Å². The molecular formula is C18H16ClN3O2. The van der Waals surface area contributed by atoms with Gasteiger partial charge in [0, 0.05) is 17.1 Å². The summed E-state index contributed by atoms with van der Waals surface area (Å²) in [4.78, 5) is 24.0. The Bertz CT molecular complexity index is 926. The molecule has 24 heavy (non-hydrogen) atoms. The molecule has 3 rings (SSSR count). The van der Waals surface area contributed by atoms with Gasteiger partial charge in [-0.05, 0) is 24.6 Å². The number of halogens is 1. The summed E-state index contributed by atoms with van der Waals surface area (Å²) in [6, 6.07) is 12.7. The Morgan fingerprint density at radius 1 is 1.17 bits per heavy atom. The molecule has 6 heteroatoms. The number of nitrogens with one attached hydrogen (secondary N) is 1. The molecule has 0 unspecified atom stereocenters. The first kappa shape index (κ1) is 16.1. The molecule has 0 aliphatic heterocycles. The van der Waals surface area contributed by atoms with Gasteiger partial charge < -0.3 is 15.6 Å². The lowest BCUT2D eigenvalue weighted by Gasteiger charge is -2.11. The Labute approximate surface area is 144 Å². The van der Waals surface area contributed by atoms with Crippen LogP contribution < -0.4 is 11.1 Å². The lowest BCUT2D eigenvalue weighted by molar-refractivity contribution is -0.116. The third kappa shape index (κ3) is 2.98. The van der Waals surface area contributed by atoms with Crippen LogP contribution in [-0.2, 0) is 11.3 Å². The fourth-order valence-corrected chi connectivity index (χ4v) is 2.97. The van der Waals surface area contributed by atoms with Crippen LogP contribution in [-0.4, -0.2) is 16.4 Å². The van der Waals surface area contributed by atoms with Gasteiger partial charge >= 0.3 is 0 Å². The highest BCUT2D eigenvalue weighted by Gasteiger charge is 2.15. The number of fused-ring (bicyclic) bond motifs is 1. The maximum absolute atomic E-state index is 12.4. The number of nitrogens with two attached hydrogens (primary N) is 1.